The highest BCUT2D eigenvalue weighted by Gasteiger charge is 2.31. The fourth-order valence-electron chi connectivity index (χ4n) is 7.19. The number of aryl methyl sites for hydroxylation is 1. The second kappa shape index (κ2) is 13.3. The Bertz CT molecular complexity index is 2000. The van der Waals surface area contributed by atoms with Gasteiger partial charge in [-0.15, -0.1) is 0 Å². The van der Waals surface area contributed by atoms with Crippen LogP contribution in [0.15, 0.2) is 53.1 Å². The topological polar surface area (TPSA) is 127 Å². The molecule has 0 bridgehead atoms. The first-order chi connectivity index (χ1) is 23.2. The molecule has 3 aliphatic rings. The van der Waals surface area contributed by atoms with Crippen molar-refractivity contribution >= 4 is 44.6 Å². The number of morpholine rings is 1. The fraction of sp³-hybridized carbons (Fsp3) is 0.417. The maximum Gasteiger partial charge on any atom is 0.303 e. The molecule has 2 aromatic carbocycles. The van der Waals surface area contributed by atoms with E-state index in [0.717, 1.165) is 63.3 Å². The number of hydrogen-bond acceptors (Lipinski definition) is 7. The Balaban J connectivity index is 1.29. The van der Waals surface area contributed by atoms with Crippen molar-refractivity contribution < 1.29 is 27.2 Å². The summed E-state index contributed by atoms with van der Waals surface area (Å²) in [7, 11) is -1.21. The van der Waals surface area contributed by atoms with E-state index >= 15 is 0 Å². The predicted molar refractivity (Wildman–Crippen MR) is 183 cm³/mol. The number of benzene rings is 2. The maximum absolute atomic E-state index is 13.3. The van der Waals surface area contributed by atoms with E-state index in [-0.39, 0.29) is 11.5 Å². The van der Waals surface area contributed by atoms with Crippen LogP contribution in [0, 0.1) is 0 Å². The average Bonchev–Trinajstić information content (AvgIpc) is 3.65. The lowest BCUT2D eigenvalue weighted by Crippen LogP contribution is -2.40. The van der Waals surface area contributed by atoms with E-state index in [1.54, 1.807) is 18.3 Å². The largest absolute Gasteiger partial charge is 0.441 e. The molecule has 1 aliphatic carbocycles. The Morgan fingerprint density at radius 3 is 2.58 bits per heavy atom. The molecule has 252 valence electrons. The van der Waals surface area contributed by atoms with Crippen molar-refractivity contribution in [2.24, 2.45) is 0 Å². The number of allylic oxidation sites excluding steroid dienone is 1. The van der Waals surface area contributed by atoms with Crippen molar-refractivity contribution in [2.75, 3.05) is 40.4 Å². The Morgan fingerprint density at radius 2 is 1.81 bits per heavy atom. The zero-order valence-corrected chi connectivity index (χ0v) is 28.2. The molecule has 0 spiro atoms. The van der Waals surface area contributed by atoms with E-state index in [1.165, 1.54) is 26.1 Å². The van der Waals surface area contributed by atoms with Gasteiger partial charge in [-0.3, -0.25) is 9.59 Å². The monoisotopic (exact) mass is 671 g/mol. The smallest absolute Gasteiger partial charge is 0.303 e. The van der Waals surface area contributed by atoms with Gasteiger partial charge in [0.05, 0.1) is 31.6 Å². The highest BCUT2D eigenvalue weighted by atomic mass is 32.2. The van der Waals surface area contributed by atoms with Crippen molar-refractivity contribution in [3.63, 3.8) is 0 Å². The Labute approximate surface area is 280 Å². The van der Waals surface area contributed by atoms with E-state index in [1.807, 2.05) is 23.1 Å². The second-order valence-corrected chi connectivity index (χ2v) is 14.9. The molecule has 2 fully saturated rings. The third-order valence-electron chi connectivity index (χ3n) is 9.73. The SMILES string of the molecule is CN(C)S(=O)(=O)NC(=O)c1ccc2c(C3CCCCC3)c3n(c2c1)CC(c1ncc(CCC(=O)N2CCOCC2)o1)=Cc1ccccc1-3. The summed E-state index contributed by atoms with van der Waals surface area (Å²) in [5.41, 5.74) is 6.50. The lowest BCUT2D eigenvalue weighted by Gasteiger charge is -2.26. The standard InChI is InChI=1S/C36H41N5O6S/c1-39(2)48(44,45)38-35(43)26-12-14-30-31(21-26)41-23-27(36-37-22-28(47-36)13-15-32(42)40-16-18-46-19-17-40)20-25-10-6-7-11-29(25)34(41)33(30)24-8-4-3-5-9-24/h6-7,10-12,14,20-22,24H,3-5,8-9,13,15-19,23H2,1-2H3,(H,38,43). The van der Waals surface area contributed by atoms with Gasteiger partial charge in [0, 0.05) is 67.6 Å². The molecule has 4 aromatic rings. The second-order valence-electron chi connectivity index (χ2n) is 13.0. The summed E-state index contributed by atoms with van der Waals surface area (Å²) >= 11 is 0. The van der Waals surface area contributed by atoms with Gasteiger partial charge in [0.25, 0.3) is 5.91 Å². The summed E-state index contributed by atoms with van der Waals surface area (Å²) in [6, 6.07) is 13.8. The van der Waals surface area contributed by atoms with Crippen molar-refractivity contribution in [1.82, 2.24) is 23.5 Å². The number of carbonyl (C=O) groups excluding carboxylic acids is 2. The van der Waals surface area contributed by atoms with Crippen LogP contribution in [0.2, 0.25) is 0 Å². The predicted octanol–water partition coefficient (Wildman–Crippen LogP) is 5.23. The van der Waals surface area contributed by atoms with Crippen molar-refractivity contribution in [3.8, 4) is 11.3 Å². The average molecular weight is 672 g/mol. The Morgan fingerprint density at radius 1 is 1.04 bits per heavy atom. The van der Waals surface area contributed by atoms with Crippen LogP contribution < -0.4 is 4.72 Å². The van der Waals surface area contributed by atoms with Crippen molar-refractivity contribution in [2.45, 2.75) is 57.4 Å². The van der Waals surface area contributed by atoms with E-state index < -0.39 is 16.1 Å². The molecule has 7 rings (SSSR count). The first kappa shape index (κ1) is 32.3. The lowest BCUT2D eigenvalue weighted by atomic mass is 9.81. The number of rotatable bonds is 8. The molecule has 2 aromatic heterocycles. The third kappa shape index (κ3) is 6.31. The molecule has 0 unspecified atom stereocenters. The molecule has 0 radical (unpaired) electrons. The molecule has 11 nitrogen and oxygen atoms in total. The van der Waals surface area contributed by atoms with Crippen LogP contribution in [-0.4, -0.2) is 79.4 Å². The van der Waals surface area contributed by atoms with E-state index in [0.29, 0.717) is 63.3 Å². The fourth-order valence-corrected chi connectivity index (χ4v) is 7.72. The van der Waals surface area contributed by atoms with Crippen molar-refractivity contribution in [1.29, 1.82) is 0 Å². The Kier molecular flexibility index (Phi) is 8.97. The molecule has 48 heavy (non-hydrogen) atoms. The number of carbonyl (C=O) groups is 2. The van der Waals surface area contributed by atoms with Crippen LogP contribution in [0.5, 0.6) is 0 Å². The summed E-state index contributed by atoms with van der Waals surface area (Å²) in [6.45, 7) is 2.78. The number of amides is 2. The minimum atomic E-state index is -3.97. The van der Waals surface area contributed by atoms with E-state index in [4.69, 9.17) is 9.15 Å². The van der Waals surface area contributed by atoms with Crippen LogP contribution in [0.4, 0.5) is 0 Å². The van der Waals surface area contributed by atoms with Gasteiger partial charge in [-0.2, -0.15) is 12.7 Å². The molecule has 1 N–H and O–H groups in total. The maximum atomic E-state index is 13.3. The number of ether oxygens (including phenoxy) is 1. The highest BCUT2D eigenvalue weighted by Crippen LogP contribution is 2.47. The minimum Gasteiger partial charge on any atom is -0.441 e. The van der Waals surface area contributed by atoms with Gasteiger partial charge in [-0.1, -0.05) is 49.6 Å². The third-order valence-corrected chi connectivity index (χ3v) is 11.1. The molecule has 1 saturated carbocycles. The first-order valence-electron chi connectivity index (χ1n) is 16.7. The summed E-state index contributed by atoms with van der Waals surface area (Å²) in [5.74, 6) is 0.883. The molecule has 2 amide bonds. The summed E-state index contributed by atoms with van der Waals surface area (Å²) in [6.07, 6.45) is 10.3. The van der Waals surface area contributed by atoms with E-state index in [2.05, 4.69) is 32.5 Å². The molecule has 1 saturated heterocycles. The number of oxazole rings is 1. The van der Waals surface area contributed by atoms with Gasteiger partial charge in [0.15, 0.2) is 0 Å². The number of nitrogens with zero attached hydrogens (tertiary/aromatic N) is 4. The van der Waals surface area contributed by atoms with Gasteiger partial charge in [-0.05, 0) is 48.1 Å². The van der Waals surface area contributed by atoms with Gasteiger partial charge in [0.1, 0.15) is 5.76 Å². The normalized spacial score (nSPS) is 17.1. The highest BCUT2D eigenvalue weighted by molar-refractivity contribution is 7.87. The number of hydrogen-bond donors (Lipinski definition) is 1. The molecule has 2 aliphatic heterocycles. The lowest BCUT2D eigenvalue weighted by molar-refractivity contribution is -0.135. The number of nitrogens with one attached hydrogen (secondary N) is 1. The molecule has 0 atom stereocenters. The zero-order valence-electron chi connectivity index (χ0n) is 27.4. The number of fused-ring (bicyclic) bond motifs is 5. The molecular formula is C36H41N5O6S. The van der Waals surface area contributed by atoms with Crippen LogP contribution >= 0.6 is 0 Å². The van der Waals surface area contributed by atoms with Gasteiger partial charge >= 0.3 is 10.2 Å². The van der Waals surface area contributed by atoms with E-state index in [9.17, 15) is 18.0 Å². The first-order valence-corrected chi connectivity index (χ1v) is 18.1. The molecule has 4 heterocycles. The summed E-state index contributed by atoms with van der Waals surface area (Å²) < 4.78 is 42.1. The quantitative estimate of drug-likeness (QED) is 0.272. The Hall–Kier alpha value is -4.26. The van der Waals surface area contributed by atoms with Gasteiger partial charge < -0.3 is 18.6 Å². The van der Waals surface area contributed by atoms with Crippen LogP contribution in [0.25, 0.3) is 33.8 Å². The van der Waals surface area contributed by atoms with Gasteiger partial charge in [-0.25, -0.2) is 9.71 Å². The van der Waals surface area contributed by atoms with Crippen molar-refractivity contribution in [3.05, 3.63) is 77.0 Å². The summed E-state index contributed by atoms with van der Waals surface area (Å²) in [5, 5.41) is 1.06. The molecule has 12 heteroatoms. The van der Waals surface area contributed by atoms with Crippen LogP contribution in [0.3, 0.4) is 0 Å². The van der Waals surface area contributed by atoms with Gasteiger partial charge in [0.2, 0.25) is 11.8 Å². The zero-order chi connectivity index (χ0) is 33.4. The number of aromatic nitrogens is 2. The van der Waals surface area contributed by atoms with Crippen LogP contribution in [-0.2, 0) is 32.7 Å². The molecular weight excluding hydrogens is 630 g/mol. The minimum absolute atomic E-state index is 0.0794. The summed E-state index contributed by atoms with van der Waals surface area (Å²) in [4.78, 5) is 32.5. The van der Waals surface area contributed by atoms with Crippen LogP contribution in [0.1, 0.15) is 77.6 Å².